The predicted molar refractivity (Wildman–Crippen MR) is 88.5 cm³/mol. The van der Waals surface area contributed by atoms with Crippen molar-refractivity contribution < 1.29 is 19.1 Å². The third-order valence-corrected chi connectivity index (χ3v) is 4.45. The Morgan fingerprint density at radius 1 is 1.30 bits per heavy atom. The van der Waals surface area contributed by atoms with E-state index in [2.05, 4.69) is 10.1 Å². The van der Waals surface area contributed by atoms with Crippen LogP contribution in [0.1, 0.15) is 30.5 Å². The Labute approximate surface area is 140 Å². The Morgan fingerprint density at radius 3 is 2.57 bits per heavy atom. The van der Waals surface area contributed by atoms with Crippen LogP contribution in [0.2, 0.25) is 0 Å². The zero-order valence-corrected chi connectivity index (χ0v) is 14.9. The minimum Gasteiger partial charge on any atom is -0.469 e. The summed E-state index contributed by atoms with van der Waals surface area (Å²) in [5.41, 5.74) is -0.456. The molecule has 0 atom stereocenters. The molecule has 2 heterocycles. The molecule has 1 amide bonds. The summed E-state index contributed by atoms with van der Waals surface area (Å²) >= 11 is 1.60. The van der Waals surface area contributed by atoms with Crippen LogP contribution in [0.5, 0.6) is 0 Å². The van der Waals surface area contributed by atoms with Gasteiger partial charge in [0.15, 0.2) is 0 Å². The average molecular weight is 340 g/mol. The third-order valence-electron chi connectivity index (χ3n) is 3.36. The van der Waals surface area contributed by atoms with E-state index in [0.717, 1.165) is 11.4 Å². The van der Waals surface area contributed by atoms with E-state index in [1.165, 1.54) is 12.0 Å². The van der Waals surface area contributed by atoms with Gasteiger partial charge in [0.05, 0.1) is 13.5 Å². The van der Waals surface area contributed by atoms with E-state index in [1.807, 2.05) is 32.9 Å². The summed E-state index contributed by atoms with van der Waals surface area (Å²) in [6.07, 6.45) is 0.0591. The van der Waals surface area contributed by atoms with E-state index < -0.39 is 5.60 Å². The lowest BCUT2D eigenvalue weighted by Crippen LogP contribution is -2.60. The van der Waals surface area contributed by atoms with Crippen molar-refractivity contribution in [3.8, 4) is 0 Å². The molecule has 1 N–H and O–H groups in total. The van der Waals surface area contributed by atoms with Crippen molar-refractivity contribution in [2.75, 3.05) is 20.2 Å². The van der Waals surface area contributed by atoms with Gasteiger partial charge in [0.25, 0.3) is 0 Å². The summed E-state index contributed by atoms with van der Waals surface area (Å²) < 4.78 is 9.98. The number of nitrogens with zero attached hydrogens (tertiary/aromatic N) is 1. The predicted octanol–water partition coefficient (Wildman–Crippen LogP) is 2.17. The molecule has 128 valence electrons. The zero-order valence-electron chi connectivity index (χ0n) is 14.0. The molecule has 1 aromatic rings. The summed E-state index contributed by atoms with van der Waals surface area (Å²) in [5, 5.41) is 3.41. The number of carbonyl (C=O) groups excluding carboxylic acids is 2. The highest BCUT2D eigenvalue weighted by Crippen LogP contribution is 2.19. The zero-order chi connectivity index (χ0) is 17.0. The molecule has 1 aromatic heterocycles. The smallest absolute Gasteiger partial charge is 0.410 e. The highest BCUT2D eigenvalue weighted by molar-refractivity contribution is 7.12. The molecule has 0 saturated carbocycles. The molecule has 1 aliphatic rings. The molecule has 6 nitrogen and oxygen atoms in total. The Balaban J connectivity index is 1.69. The van der Waals surface area contributed by atoms with E-state index in [9.17, 15) is 9.59 Å². The van der Waals surface area contributed by atoms with Crippen molar-refractivity contribution in [3.05, 3.63) is 21.9 Å². The maximum Gasteiger partial charge on any atom is 0.410 e. The molecule has 1 fully saturated rings. The van der Waals surface area contributed by atoms with Crippen molar-refractivity contribution in [1.29, 1.82) is 0 Å². The molecule has 1 saturated heterocycles. The van der Waals surface area contributed by atoms with Gasteiger partial charge in [-0.25, -0.2) is 4.79 Å². The van der Waals surface area contributed by atoms with Gasteiger partial charge in [-0.15, -0.1) is 11.3 Å². The van der Waals surface area contributed by atoms with Gasteiger partial charge in [-0.05, 0) is 32.9 Å². The van der Waals surface area contributed by atoms with Gasteiger partial charge in [-0.2, -0.15) is 0 Å². The average Bonchev–Trinajstić information content (AvgIpc) is 2.82. The minimum absolute atomic E-state index is 0.224. The largest absolute Gasteiger partial charge is 0.469 e. The molecule has 2 rings (SSSR count). The number of rotatable bonds is 5. The Bertz CT molecular complexity index is 559. The maximum atomic E-state index is 11.8. The van der Waals surface area contributed by atoms with Crippen LogP contribution in [0.4, 0.5) is 4.79 Å². The Kier molecular flexibility index (Phi) is 5.64. The summed E-state index contributed by atoms with van der Waals surface area (Å²) in [7, 11) is 1.39. The highest BCUT2D eigenvalue weighted by Gasteiger charge is 2.33. The number of methoxy groups -OCH3 is 1. The second-order valence-corrected chi connectivity index (χ2v) is 7.84. The Hall–Kier alpha value is -1.60. The normalized spacial score (nSPS) is 15.2. The second kappa shape index (κ2) is 7.31. The number of thiophene rings is 1. The van der Waals surface area contributed by atoms with E-state index >= 15 is 0 Å². The Morgan fingerprint density at radius 2 is 1.96 bits per heavy atom. The fourth-order valence-electron chi connectivity index (χ4n) is 2.15. The monoisotopic (exact) mass is 340 g/mol. The molecule has 0 aromatic carbocycles. The fraction of sp³-hybridized carbons (Fsp3) is 0.625. The minimum atomic E-state index is -0.456. The molecule has 0 unspecified atom stereocenters. The number of amides is 1. The van der Waals surface area contributed by atoms with Gasteiger partial charge in [-0.1, -0.05) is 0 Å². The number of ether oxygens (including phenoxy) is 2. The van der Waals surface area contributed by atoms with Crippen molar-refractivity contribution >= 4 is 23.4 Å². The molecule has 0 radical (unpaired) electrons. The van der Waals surface area contributed by atoms with Gasteiger partial charge in [0, 0.05) is 35.4 Å². The molecule has 7 heteroatoms. The number of hydrogen-bond acceptors (Lipinski definition) is 6. The topological polar surface area (TPSA) is 67.9 Å². The fourth-order valence-corrected chi connectivity index (χ4v) is 3.11. The number of likely N-dealkylation sites (tertiary alicyclic amines) is 1. The third kappa shape index (κ3) is 5.51. The van der Waals surface area contributed by atoms with Crippen LogP contribution in [-0.2, 0) is 27.2 Å². The quantitative estimate of drug-likeness (QED) is 0.832. The van der Waals surface area contributed by atoms with Crippen molar-refractivity contribution in [1.82, 2.24) is 10.2 Å². The maximum absolute atomic E-state index is 11.8. The van der Waals surface area contributed by atoms with E-state index in [1.54, 1.807) is 16.2 Å². The first-order chi connectivity index (χ1) is 10.8. The number of esters is 1. The molecule has 1 aliphatic heterocycles. The van der Waals surface area contributed by atoms with E-state index in [-0.39, 0.29) is 18.1 Å². The van der Waals surface area contributed by atoms with Gasteiger partial charge in [0.1, 0.15) is 5.60 Å². The van der Waals surface area contributed by atoms with Crippen LogP contribution in [0.15, 0.2) is 12.1 Å². The first-order valence-electron chi connectivity index (χ1n) is 7.62. The molecule has 0 aliphatic carbocycles. The standard InChI is InChI=1S/C16H24N2O4S/c1-16(2,3)22-15(20)18-9-11(10-18)17-8-13-6-5-12(23-13)7-14(19)21-4/h5-6,11,17H,7-10H2,1-4H3. The van der Waals surface area contributed by atoms with Crippen LogP contribution in [-0.4, -0.2) is 48.8 Å². The number of nitrogens with one attached hydrogen (secondary N) is 1. The van der Waals surface area contributed by atoms with Crippen LogP contribution < -0.4 is 5.32 Å². The van der Waals surface area contributed by atoms with Crippen LogP contribution in [0, 0.1) is 0 Å². The van der Waals surface area contributed by atoms with Gasteiger partial charge in [-0.3, -0.25) is 4.79 Å². The molecule has 0 spiro atoms. The molecule has 0 bridgehead atoms. The summed E-state index contributed by atoms with van der Waals surface area (Å²) in [6.45, 7) is 7.65. The SMILES string of the molecule is COC(=O)Cc1ccc(CNC2CN(C(=O)OC(C)(C)C)C2)s1. The van der Waals surface area contributed by atoms with Gasteiger partial charge in [0.2, 0.25) is 0 Å². The molecular weight excluding hydrogens is 316 g/mol. The van der Waals surface area contributed by atoms with Crippen molar-refractivity contribution in [3.63, 3.8) is 0 Å². The van der Waals surface area contributed by atoms with Crippen LogP contribution in [0.3, 0.4) is 0 Å². The van der Waals surface area contributed by atoms with E-state index in [0.29, 0.717) is 19.5 Å². The van der Waals surface area contributed by atoms with E-state index in [4.69, 9.17) is 4.74 Å². The summed E-state index contributed by atoms with van der Waals surface area (Å²) in [4.78, 5) is 26.9. The summed E-state index contributed by atoms with van der Waals surface area (Å²) in [6, 6.07) is 4.25. The van der Waals surface area contributed by atoms with Gasteiger partial charge >= 0.3 is 12.1 Å². The number of carbonyl (C=O) groups is 2. The number of hydrogen-bond donors (Lipinski definition) is 1. The van der Waals surface area contributed by atoms with Crippen LogP contribution in [0.25, 0.3) is 0 Å². The lowest BCUT2D eigenvalue weighted by molar-refractivity contribution is -0.139. The highest BCUT2D eigenvalue weighted by atomic mass is 32.1. The molecule has 23 heavy (non-hydrogen) atoms. The lowest BCUT2D eigenvalue weighted by atomic mass is 10.1. The van der Waals surface area contributed by atoms with Crippen molar-refractivity contribution in [2.24, 2.45) is 0 Å². The lowest BCUT2D eigenvalue weighted by Gasteiger charge is -2.40. The van der Waals surface area contributed by atoms with Crippen molar-refractivity contribution in [2.45, 2.75) is 45.4 Å². The van der Waals surface area contributed by atoms with Gasteiger partial charge < -0.3 is 19.7 Å². The molecular formula is C16H24N2O4S. The first-order valence-corrected chi connectivity index (χ1v) is 8.44. The summed E-state index contributed by atoms with van der Waals surface area (Å²) in [5.74, 6) is -0.224. The van der Waals surface area contributed by atoms with Crippen LogP contribution >= 0.6 is 11.3 Å². The first kappa shape index (κ1) is 17.7. The second-order valence-electron chi connectivity index (χ2n) is 6.58.